The van der Waals surface area contributed by atoms with Crippen molar-refractivity contribution < 1.29 is 4.74 Å². The Kier molecular flexibility index (Phi) is 5.37. The van der Waals surface area contributed by atoms with Crippen LogP contribution in [-0.2, 0) is 4.74 Å². The number of H-pyrrole nitrogens is 1. The highest BCUT2D eigenvalue weighted by Gasteiger charge is 2.44. The zero-order valence-electron chi connectivity index (χ0n) is 19.9. The van der Waals surface area contributed by atoms with E-state index in [1.165, 1.54) is 6.42 Å². The number of ether oxygens (including phenoxy) is 1. The van der Waals surface area contributed by atoms with Crippen LogP contribution in [0.2, 0.25) is 0 Å². The molecule has 3 N–H and O–H groups in total. The molecule has 7 heterocycles. The zero-order valence-corrected chi connectivity index (χ0v) is 19.9. The van der Waals surface area contributed by atoms with Gasteiger partial charge in [0, 0.05) is 55.3 Å². The van der Waals surface area contributed by atoms with E-state index >= 15 is 0 Å². The van der Waals surface area contributed by atoms with E-state index in [1.807, 2.05) is 42.2 Å². The van der Waals surface area contributed by atoms with Crippen molar-refractivity contribution in [2.75, 3.05) is 37.4 Å². The summed E-state index contributed by atoms with van der Waals surface area (Å²) < 4.78 is 6.99. The van der Waals surface area contributed by atoms with Crippen molar-refractivity contribution in [2.24, 2.45) is 4.99 Å². The molecule has 0 spiro atoms. The molecule has 3 aliphatic rings. The van der Waals surface area contributed by atoms with Crippen LogP contribution in [0.5, 0.6) is 0 Å². The van der Waals surface area contributed by atoms with E-state index in [1.54, 1.807) is 13.3 Å². The lowest BCUT2D eigenvalue weighted by Gasteiger charge is -2.56. The molecular weight excluding hydrogens is 442 g/mol. The highest BCUT2D eigenvalue weighted by molar-refractivity contribution is 6.01. The predicted molar refractivity (Wildman–Crippen MR) is 137 cm³/mol. The monoisotopic (exact) mass is 471 g/mol. The number of hydrogen-bond donors (Lipinski definition) is 2. The van der Waals surface area contributed by atoms with Crippen LogP contribution in [0, 0.1) is 0 Å². The van der Waals surface area contributed by atoms with Crippen LogP contribution in [0.25, 0.3) is 27.7 Å². The Morgan fingerprint density at radius 1 is 1.29 bits per heavy atom. The molecule has 4 aromatic rings. The number of aliphatic imine (C=N–C) groups is 1. The zero-order chi connectivity index (χ0) is 23.9. The van der Waals surface area contributed by atoms with E-state index in [4.69, 9.17) is 15.5 Å². The van der Waals surface area contributed by atoms with Crippen molar-refractivity contribution in [3.63, 3.8) is 0 Å². The minimum absolute atomic E-state index is 0.571. The van der Waals surface area contributed by atoms with Crippen molar-refractivity contribution in [2.45, 2.75) is 31.8 Å². The third kappa shape index (κ3) is 3.79. The minimum atomic E-state index is 0.571. The van der Waals surface area contributed by atoms with Crippen LogP contribution in [0.1, 0.15) is 19.8 Å². The number of nitrogens with two attached hydrogens (primary N) is 1. The number of methoxy groups -OCH3 is 1. The lowest BCUT2D eigenvalue weighted by molar-refractivity contribution is 0.00203. The first kappa shape index (κ1) is 21.6. The summed E-state index contributed by atoms with van der Waals surface area (Å²) in [4.78, 5) is 14.2. The third-order valence-corrected chi connectivity index (χ3v) is 7.07. The predicted octanol–water partition coefficient (Wildman–Crippen LogP) is 3.09. The minimum Gasteiger partial charge on any atom is -0.481 e. The average Bonchev–Trinajstić information content (AvgIpc) is 3.47. The number of aromatic nitrogens is 5. The summed E-state index contributed by atoms with van der Waals surface area (Å²) in [6, 6.07) is 7.36. The maximum Gasteiger partial charge on any atom is 0.208 e. The molecule has 0 aromatic carbocycles. The van der Waals surface area contributed by atoms with Crippen molar-refractivity contribution in [3.05, 3.63) is 48.7 Å². The SMILES string of the molecule is C/C=C(\N=CCCN1C2CC1CN(c1ccc(-c3cc(N)cn4nc5[nH]ncc5c34)cn1)C2)OC. The number of anilines is 2. The highest BCUT2D eigenvalue weighted by atomic mass is 16.5. The molecule has 0 saturated carbocycles. The maximum atomic E-state index is 6.17. The number of aromatic amines is 1. The Hall–Kier alpha value is -3.92. The molecule has 2 unspecified atom stereocenters. The molecule has 3 saturated heterocycles. The number of pyridine rings is 2. The van der Waals surface area contributed by atoms with E-state index < -0.39 is 0 Å². The number of fused-ring (bicyclic) bond motifs is 5. The summed E-state index contributed by atoms with van der Waals surface area (Å²) >= 11 is 0. The van der Waals surface area contributed by atoms with Crippen LogP contribution in [-0.4, -0.2) is 74.7 Å². The van der Waals surface area contributed by atoms with Gasteiger partial charge in [0.15, 0.2) is 5.65 Å². The van der Waals surface area contributed by atoms with E-state index in [0.717, 1.165) is 59.5 Å². The van der Waals surface area contributed by atoms with Crippen LogP contribution >= 0.6 is 0 Å². The molecule has 3 aliphatic heterocycles. The molecule has 3 fully saturated rings. The molecule has 10 nitrogen and oxygen atoms in total. The normalized spacial score (nSPS) is 20.7. The van der Waals surface area contributed by atoms with Gasteiger partial charge in [-0.25, -0.2) is 14.5 Å². The van der Waals surface area contributed by atoms with Gasteiger partial charge in [-0.2, -0.15) is 5.10 Å². The third-order valence-electron chi connectivity index (χ3n) is 7.07. The van der Waals surface area contributed by atoms with Gasteiger partial charge in [-0.3, -0.25) is 10.00 Å². The Morgan fingerprint density at radius 3 is 2.89 bits per heavy atom. The molecule has 180 valence electrons. The Bertz CT molecular complexity index is 1410. The molecule has 7 rings (SSSR count). The molecule has 0 radical (unpaired) electrons. The van der Waals surface area contributed by atoms with Gasteiger partial charge in [-0.15, -0.1) is 5.10 Å². The first-order valence-corrected chi connectivity index (χ1v) is 12.0. The summed E-state index contributed by atoms with van der Waals surface area (Å²) in [5.41, 5.74) is 10.5. The number of nitrogens with zero attached hydrogens (tertiary/aromatic N) is 7. The first-order chi connectivity index (χ1) is 17.1. The summed E-state index contributed by atoms with van der Waals surface area (Å²) in [6.45, 7) is 4.95. The fraction of sp³-hybridized carbons (Fsp3) is 0.360. The van der Waals surface area contributed by atoms with Gasteiger partial charge in [-0.1, -0.05) is 0 Å². The van der Waals surface area contributed by atoms with Gasteiger partial charge in [0.25, 0.3) is 0 Å². The van der Waals surface area contributed by atoms with E-state index in [9.17, 15) is 0 Å². The number of hydrogen-bond acceptors (Lipinski definition) is 8. The Balaban J connectivity index is 1.15. The van der Waals surface area contributed by atoms with Crippen molar-refractivity contribution in [1.82, 2.24) is 29.7 Å². The molecule has 10 heteroatoms. The topological polar surface area (TPSA) is 113 Å². The highest BCUT2D eigenvalue weighted by Crippen LogP contribution is 2.35. The number of allylic oxidation sites excluding steroid dienone is 1. The smallest absolute Gasteiger partial charge is 0.208 e. The number of piperidine rings is 1. The molecular formula is C25H29N9O. The van der Waals surface area contributed by atoms with Crippen molar-refractivity contribution in [1.29, 1.82) is 0 Å². The van der Waals surface area contributed by atoms with Gasteiger partial charge >= 0.3 is 0 Å². The lowest BCUT2D eigenvalue weighted by Crippen LogP contribution is -2.69. The van der Waals surface area contributed by atoms with Gasteiger partial charge in [0.2, 0.25) is 5.88 Å². The summed E-state index contributed by atoms with van der Waals surface area (Å²) in [5, 5.41) is 12.6. The molecule has 2 bridgehead atoms. The summed E-state index contributed by atoms with van der Waals surface area (Å²) in [7, 11) is 1.65. The van der Waals surface area contributed by atoms with Crippen LogP contribution < -0.4 is 10.6 Å². The molecule has 35 heavy (non-hydrogen) atoms. The molecule has 0 amide bonds. The Morgan fingerprint density at radius 2 is 2.14 bits per heavy atom. The molecule has 2 atom stereocenters. The number of nitrogens with one attached hydrogen (secondary N) is 1. The van der Waals surface area contributed by atoms with Crippen LogP contribution in [0.4, 0.5) is 11.5 Å². The van der Waals surface area contributed by atoms with Crippen LogP contribution in [0.15, 0.2) is 53.7 Å². The average molecular weight is 472 g/mol. The van der Waals surface area contributed by atoms with Crippen molar-refractivity contribution >= 4 is 34.3 Å². The second-order valence-corrected chi connectivity index (χ2v) is 9.14. The first-order valence-electron chi connectivity index (χ1n) is 12.0. The number of rotatable bonds is 7. The second-order valence-electron chi connectivity index (χ2n) is 9.14. The lowest BCUT2D eigenvalue weighted by atomic mass is 9.87. The van der Waals surface area contributed by atoms with Gasteiger partial charge < -0.3 is 15.4 Å². The van der Waals surface area contributed by atoms with E-state index in [-0.39, 0.29) is 0 Å². The number of piperazine rings is 1. The fourth-order valence-electron chi connectivity index (χ4n) is 5.38. The Labute approximate surface area is 203 Å². The molecule has 0 aliphatic carbocycles. The van der Waals surface area contributed by atoms with Gasteiger partial charge in [-0.05, 0) is 44.0 Å². The van der Waals surface area contributed by atoms with Gasteiger partial charge in [0.1, 0.15) is 5.82 Å². The summed E-state index contributed by atoms with van der Waals surface area (Å²) in [5.74, 6) is 1.68. The quantitative estimate of drug-likeness (QED) is 0.315. The van der Waals surface area contributed by atoms with E-state index in [0.29, 0.717) is 23.7 Å². The molecule has 4 aromatic heterocycles. The van der Waals surface area contributed by atoms with Crippen LogP contribution in [0.3, 0.4) is 0 Å². The fourth-order valence-corrected chi connectivity index (χ4v) is 5.38. The maximum absolute atomic E-state index is 6.17. The van der Waals surface area contributed by atoms with E-state index in [2.05, 4.69) is 42.2 Å². The second kappa shape index (κ2) is 8.70. The summed E-state index contributed by atoms with van der Waals surface area (Å²) in [6.07, 6.45) is 11.6. The van der Waals surface area contributed by atoms with Crippen molar-refractivity contribution in [3.8, 4) is 11.1 Å². The van der Waals surface area contributed by atoms with Gasteiger partial charge in [0.05, 0.1) is 36.1 Å². The largest absolute Gasteiger partial charge is 0.481 e. The number of nitrogen functional groups attached to an aromatic ring is 1. The standard InChI is InChI=1S/C25H29N9O/c1-3-23(35-2)27-7-4-8-33-18-10-19(33)15-32(14-18)22-6-5-16(11-28-22)20-9-17(26)13-34-24(20)21-12-29-30-25(21)31-34/h3,5-7,9,11-13,18-19H,4,8,10,14-15,26H2,1-2H3,(H,30,31)/b23-3+,27-7?.